The van der Waals surface area contributed by atoms with Crippen LogP contribution >= 0.6 is 0 Å². The van der Waals surface area contributed by atoms with E-state index in [1.54, 1.807) is 0 Å². The molecule has 0 saturated heterocycles. The Morgan fingerprint density at radius 1 is 1.32 bits per heavy atom. The van der Waals surface area contributed by atoms with Crippen molar-refractivity contribution in [2.75, 3.05) is 6.61 Å². The Hall–Kier alpha value is -2.23. The number of benzene rings is 1. The topological polar surface area (TPSA) is 89.7 Å². The van der Waals surface area contributed by atoms with Gasteiger partial charge in [0.15, 0.2) is 0 Å². The summed E-state index contributed by atoms with van der Waals surface area (Å²) in [4.78, 5) is 21.3. The van der Waals surface area contributed by atoms with Gasteiger partial charge in [-0.25, -0.2) is 4.79 Å². The van der Waals surface area contributed by atoms with Crippen molar-refractivity contribution in [3.05, 3.63) is 39.7 Å². The highest BCUT2D eigenvalue weighted by molar-refractivity contribution is 5.80. The molecule has 0 saturated carbocycles. The summed E-state index contributed by atoms with van der Waals surface area (Å²) in [6.45, 7) is 3.39. The predicted octanol–water partition coefficient (Wildman–Crippen LogP) is 3.26. The lowest BCUT2D eigenvalue weighted by molar-refractivity contribution is -0.387. The number of alkyl halides is 3. The summed E-state index contributed by atoms with van der Waals surface area (Å²) in [6, 6.07) is 2.59. The monoisotopic (exact) mass is 367 g/mol. The van der Waals surface area contributed by atoms with Crippen LogP contribution in [0, 0.1) is 15.9 Å². The lowest BCUT2D eigenvalue weighted by Gasteiger charge is -2.35. The van der Waals surface area contributed by atoms with Gasteiger partial charge in [0.1, 0.15) is 0 Å². The van der Waals surface area contributed by atoms with E-state index in [1.165, 1.54) is 20.8 Å². The molecule has 0 bridgehead atoms. The van der Waals surface area contributed by atoms with Crippen LogP contribution in [0.3, 0.4) is 0 Å². The van der Waals surface area contributed by atoms with E-state index in [9.17, 15) is 37.6 Å². The molecule has 0 heterocycles. The lowest BCUT2D eigenvalue weighted by atomic mass is 9.74. The van der Waals surface area contributed by atoms with Crippen molar-refractivity contribution in [3.8, 4) is 0 Å². The number of carbonyl (C=O) groups excluding carboxylic acids is 1. The maximum Gasteiger partial charge on any atom is 0.428 e. The van der Waals surface area contributed by atoms with E-state index < -0.39 is 46.0 Å². The first-order valence-corrected chi connectivity index (χ1v) is 7.17. The van der Waals surface area contributed by atoms with E-state index >= 15 is 0 Å². The number of nitrogens with zero attached hydrogens (tertiary/aromatic N) is 1. The normalized spacial score (nSPS) is 14.7. The highest BCUT2D eigenvalue weighted by Gasteiger charge is 2.62. The van der Waals surface area contributed by atoms with E-state index in [-0.39, 0.29) is 12.2 Å². The zero-order valence-electron chi connectivity index (χ0n) is 13.7. The smallest absolute Gasteiger partial charge is 0.428 e. The van der Waals surface area contributed by atoms with Gasteiger partial charge in [0, 0.05) is 12.5 Å². The first-order valence-electron chi connectivity index (χ1n) is 7.17. The summed E-state index contributed by atoms with van der Waals surface area (Å²) >= 11 is 0. The van der Waals surface area contributed by atoms with E-state index in [4.69, 9.17) is 0 Å². The molecule has 140 valence electrons. The second-order valence-corrected chi connectivity index (χ2v) is 6.06. The van der Waals surface area contributed by atoms with Crippen molar-refractivity contribution in [2.24, 2.45) is 0 Å². The molecule has 25 heavy (non-hydrogen) atoms. The number of carbonyl (C=O) groups is 1. The number of hydrogen-bond acceptors (Lipinski definition) is 5. The van der Waals surface area contributed by atoms with Gasteiger partial charge in [-0.3, -0.25) is 10.1 Å². The number of hydrogen-bond donors (Lipinski definition) is 1. The summed E-state index contributed by atoms with van der Waals surface area (Å²) in [5.74, 6) is -3.10. The van der Waals surface area contributed by atoms with E-state index in [1.807, 2.05) is 0 Å². The summed E-state index contributed by atoms with van der Waals surface area (Å²) in [6.07, 6.45) is -6.48. The average Bonchev–Trinajstić information content (AvgIpc) is 2.45. The van der Waals surface area contributed by atoms with Crippen LogP contribution in [0.5, 0.6) is 0 Å². The van der Waals surface area contributed by atoms with Gasteiger partial charge >= 0.3 is 17.8 Å². The Labute approximate surface area is 140 Å². The quantitative estimate of drug-likeness (QED) is 0.361. The zero-order valence-corrected chi connectivity index (χ0v) is 13.7. The number of ether oxygens (including phenoxy) is 1. The first kappa shape index (κ1) is 20.8. The Morgan fingerprint density at radius 2 is 1.88 bits per heavy atom. The molecule has 0 aliphatic heterocycles. The van der Waals surface area contributed by atoms with E-state index in [2.05, 4.69) is 4.74 Å². The number of nitro groups is 1. The molecule has 0 aliphatic carbocycles. The highest BCUT2D eigenvalue weighted by atomic mass is 19.4. The molecular formula is C15H17F4NO5. The SMILES string of the molecule is CCOC(=O)C(O)(CC(C)(C)c1ccc([N+](=O)[O-])c(F)c1)C(F)(F)F. The van der Waals surface area contributed by atoms with Crippen LogP contribution in [-0.4, -0.2) is 34.4 Å². The second-order valence-electron chi connectivity index (χ2n) is 6.06. The van der Waals surface area contributed by atoms with Gasteiger partial charge in [0.25, 0.3) is 5.60 Å². The molecule has 1 aromatic rings. The van der Waals surface area contributed by atoms with Crippen molar-refractivity contribution in [1.29, 1.82) is 0 Å². The Morgan fingerprint density at radius 3 is 2.28 bits per heavy atom. The fourth-order valence-electron chi connectivity index (χ4n) is 2.36. The number of halogens is 4. The van der Waals surface area contributed by atoms with Gasteiger partial charge in [0.05, 0.1) is 11.5 Å². The Kier molecular flexibility index (Phi) is 5.78. The van der Waals surface area contributed by atoms with E-state index in [0.717, 1.165) is 12.1 Å². The van der Waals surface area contributed by atoms with Crippen LogP contribution in [0.25, 0.3) is 0 Å². The van der Waals surface area contributed by atoms with Crippen molar-refractivity contribution in [2.45, 2.75) is 44.4 Å². The van der Waals surface area contributed by atoms with Crippen molar-refractivity contribution >= 4 is 11.7 Å². The molecule has 6 nitrogen and oxygen atoms in total. The maximum atomic E-state index is 13.8. The molecule has 0 aliphatic rings. The number of aliphatic hydroxyl groups is 1. The highest BCUT2D eigenvalue weighted by Crippen LogP contribution is 2.42. The molecule has 0 spiro atoms. The van der Waals surface area contributed by atoms with Crippen LogP contribution < -0.4 is 0 Å². The largest absolute Gasteiger partial charge is 0.464 e. The average molecular weight is 367 g/mol. The molecule has 1 N–H and O–H groups in total. The van der Waals surface area contributed by atoms with Crippen molar-refractivity contribution in [3.63, 3.8) is 0 Å². The van der Waals surface area contributed by atoms with Crippen LogP contribution in [0.1, 0.15) is 32.8 Å². The van der Waals surface area contributed by atoms with Gasteiger partial charge in [0.2, 0.25) is 5.82 Å². The minimum Gasteiger partial charge on any atom is -0.464 e. The second kappa shape index (κ2) is 6.95. The van der Waals surface area contributed by atoms with Gasteiger partial charge in [-0.15, -0.1) is 0 Å². The maximum absolute atomic E-state index is 13.8. The third-order valence-corrected chi connectivity index (χ3v) is 3.71. The van der Waals surface area contributed by atoms with Crippen LogP contribution in [0.4, 0.5) is 23.2 Å². The van der Waals surface area contributed by atoms with Crippen LogP contribution in [0.15, 0.2) is 18.2 Å². The molecule has 1 rings (SSSR count). The first-order chi connectivity index (χ1) is 11.3. The summed E-state index contributed by atoms with van der Waals surface area (Å²) < 4.78 is 57.9. The summed E-state index contributed by atoms with van der Waals surface area (Å²) in [5.41, 5.74) is -6.24. The van der Waals surface area contributed by atoms with Gasteiger partial charge in [-0.05, 0) is 24.0 Å². The number of esters is 1. The molecule has 0 aromatic heterocycles. The molecule has 1 atom stereocenters. The van der Waals surface area contributed by atoms with Crippen LogP contribution in [0.2, 0.25) is 0 Å². The van der Waals surface area contributed by atoms with E-state index in [0.29, 0.717) is 6.07 Å². The third-order valence-electron chi connectivity index (χ3n) is 3.71. The minimum atomic E-state index is -5.32. The molecule has 10 heteroatoms. The minimum absolute atomic E-state index is 0.0532. The Bertz CT molecular complexity index is 674. The van der Waals surface area contributed by atoms with Gasteiger partial charge in [-0.1, -0.05) is 19.9 Å². The molecule has 1 unspecified atom stereocenters. The molecule has 1 aromatic carbocycles. The van der Waals surface area contributed by atoms with Gasteiger partial charge in [-0.2, -0.15) is 17.6 Å². The lowest BCUT2D eigenvalue weighted by Crippen LogP contribution is -2.55. The third kappa shape index (κ3) is 4.25. The standard InChI is InChI=1S/C15H17F4NO5/c1-4-25-12(21)14(22,15(17,18)19)8-13(2,3)9-5-6-11(20(23)24)10(16)7-9/h5-7,22H,4,8H2,1-3H3. The number of rotatable bonds is 6. The summed E-state index contributed by atoms with van der Waals surface area (Å²) in [5, 5.41) is 20.6. The molecular weight excluding hydrogens is 350 g/mol. The summed E-state index contributed by atoms with van der Waals surface area (Å²) in [7, 11) is 0. The number of nitro benzene ring substituents is 1. The Balaban J connectivity index is 3.30. The zero-order chi connectivity index (χ0) is 19.6. The van der Waals surface area contributed by atoms with Crippen molar-refractivity contribution < 1.29 is 37.1 Å². The molecule has 0 amide bonds. The predicted molar refractivity (Wildman–Crippen MR) is 78.3 cm³/mol. The fraction of sp³-hybridized carbons (Fsp3) is 0.533. The molecule has 0 fully saturated rings. The molecule has 0 radical (unpaired) electrons. The van der Waals surface area contributed by atoms with Gasteiger partial charge < -0.3 is 9.84 Å². The van der Waals surface area contributed by atoms with Crippen LogP contribution in [-0.2, 0) is 14.9 Å². The van der Waals surface area contributed by atoms with Crippen molar-refractivity contribution in [1.82, 2.24) is 0 Å². The fourth-order valence-corrected chi connectivity index (χ4v) is 2.36.